The molecule has 4 nitrogen and oxygen atoms in total. The molecule has 1 unspecified atom stereocenters. The Morgan fingerprint density at radius 2 is 2.27 bits per heavy atom. The van der Waals surface area contributed by atoms with Gasteiger partial charge in [-0.2, -0.15) is 0 Å². The van der Waals surface area contributed by atoms with Crippen molar-refractivity contribution < 1.29 is 4.74 Å². The molecule has 1 aromatic rings. The van der Waals surface area contributed by atoms with Gasteiger partial charge >= 0.3 is 0 Å². The normalized spacial score (nSPS) is 12.8. The standard InChI is InChI=1S/C10H15IN2O2/c1-4-5-7-8(11)10(14)13-9(12-7)6(2)15-3/h6H,4-5H2,1-3H3,(H,12,13,14). The van der Waals surface area contributed by atoms with E-state index in [1.807, 2.05) is 29.5 Å². The van der Waals surface area contributed by atoms with Gasteiger partial charge in [-0.3, -0.25) is 4.79 Å². The van der Waals surface area contributed by atoms with Crippen LogP contribution in [0, 0.1) is 3.57 Å². The fraction of sp³-hybridized carbons (Fsp3) is 0.600. The molecular formula is C10H15IN2O2. The molecule has 1 heterocycles. The van der Waals surface area contributed by atoms with E-state index in [1.54, 1.807) is 7.11 Å². The molecule has 0 aliphatic rings. The first-order valence-corrected chi connectivity index (χ1v) is 5.99. The number of H-pyrrole nitrogens is 1. The SMILES string of the molecule is CCCc1nc(C(C)OC)[nH]c(=O)c1I. The van der Waals surface area contributed by atoms with Crippen molar-refractivity contribution in [2.45, 2.75) is 32.8 Å². The van der Waals surface area contributed by atoms with Crippen LogP contribution < -0.4 is 5.56 Å². The highest BCUT2D eigenvalue weighted by Gasteiger charge is 2.12. The van der Waals surface area contributed by atoms with Gasteiger partial charge in [0.1, 0.15) is 11.9 Å². The topological polar surface area (TPSA) is 55.0 Å². The van der Waals surface area contributed by atoms with Gasteiger partial charge in [0.2, 0.25) is 0 Å². The Labute approximate surface area is 103 Å². The van der Waals surface area contributed by atoms with Crippen molar-refractivity contribution in [1.29, 1.82) is 0 Å². The molecule has 5 heteroatoms. The third-order valence-corrected chi connectivity index (χ3v) is 3.29. The van der Waals surface area contributed by atoms with Crippen molar-refractivity contribution in [2.75, 3.05) is 7.11 Å². The van der Waals surface area contributed by atoms with Crippen molar-refractivity contribution in [2.24, 2.45) is 0 Å². The van der Waals surface area contributed by atoms with Gasteiger partial charge < -0.3 is 9.72 Å². The molecule has 1 N–H and O–H groups in total. The van der Waals surface area contributed by atoms with E-state index in [0.717, 1.165) is 18.5 Å². The van der Waals surface area contributed by atoms with E-state index in [9.17, 15) is 4.79 Å². The molecule has 0 aromatic carbocycles. The zero-order valence-corrected chi connectivity index (χ0v) is 11.3. The third kappa shape index (κ3) is 3.01. The van der Waals surface area contributed by atoms with Crippen LogP contribution in [0.15, 0.2) is 4.79 Å². The highest BCUT2D eigenvalue weighted by Crippen LogP contribution is 2.13. The van der Waals surface area contributed by atoms with Crippen LogP contribution in [-0.2, 0) is 11.2 Å². The molecule has 0 saturated carbocycles. The first kappa shape index (κ1) is 12.6. The number of hydrogen-bond acceptors (Lipinski definition) is 3. The molecule has 0 saturated heterocycles. The minimum atomic E-state index is -0.176. The zero-order chi connectivity index (χ0) is 11.4. The maximum absolute atomic E-state index is 11.6. The van der Waals surface area contributed by atoms with Crippen LogP contribution in [0.1, 0.15) is 37.9 Å². The van der Waals surface area contributed by atoms with Crippen LogP contribution in [-0.4, -0.2) is 17.1 Å². The van der Waals surface area contributed by atoms with Gasteiger partial charge in [-0.1, -0.05) is 13.3 Å². The van der Waals surface area contributed by atoms with E-state index in [4.69, 9.17) is 4.74 Å². The van der Waals surface area contributed by atoms with Crippen LogP contribution in [0.3, 0.4) is 0 Å². The van der Waals surface area contributed by atoms with Crippen LogP contribution in [0.25, 0.3) is 0 Å². The number of rotatable bonds is 4. The number of ether oxygens (including phenoxy) is 1. The van der Waals surface area contributed by atoms with Crippen molar-refractivity contribution >= 4 is 22.6 Å². The monoisotopic (exact) mass is 322 g/mol. The largest absolute Gasteiger partial charge is 0.374 e. The summed E-state index contributed by atoms with van der Waals surface area (Å²) in [6.07, 6.45) is 1.63. The molecule has 1 rings (SSSR count). The molecule has 1 atom stereocenters. The summed E-state index contributed by atoms with van der Waals surface area (Å²) < 4.78 is 5.81. The minimum absolute atomic E-state index is 0.0760. The van der Waals surface area contributed by atoms with Crippen molar-refractivity contribution in [3.05, 3.63) is 25.4 Å². The summed E-state index contributed by atoms with van der Waals surface area (Å²) in [5, 5.41) is 0. The summed E-state index contributed by atoms with van der Waals surface area (Å²) in [6.45, 7) is 3.93. The maximum Gasteiger partial charge on any atom is 0.264 e. The first-order valence-electron chi connectivity index (χ1n) is 4.91. The summed E-state index contributed by atoms with van der Waals surface area (Å²) in [5.74, 6) is 0.603. The first-order chi connectivity index (χ1) is 7.10. The van der Waals surface area contributed by atoms with Crippen LogP contribution in [0.5, 0.6) is 0 Å². The van der Waals surface area contributed by atoms with Crippen molar-refractivity contribution in [1.82, 2.24) is 9.97 Å². The lowest BCUT2D eigenvalue weighted by molar-refractivity contribution is 0.111. The highest BCUT2D eigenvalue weighted by atomic mass is 127. The summed E-state index contributed by atoms with van der Waals surface area (Å²) in [4.78, 5) is 18.7. The van der Waals surface area contributed by atoms with Gasteiger partial charge in [0.15, 0.2) is 0 Å². The smallest absolute Gasteiger partial charge is 0.264 e. The lowest BCUT2D eigenvalue weighted by Crippen LogP contribution is -2.19. The Morgan fingerprint density at radius 1 is 1.60 bits per heavy atom. The minimum Gasteiger partial charge on any atom is -0.374 e. The molecule has 1 aromatic heterocycles. The van der Waals surface area contributed by atoms with Gasteiger partial charge in [-0.05, 0) is 35.9 Å². The average molecular weight is 322 g/mol. The van der Waals surface area contributed by atoms with E-state index in [1.165, 1.54) is 0 Å². The van der Waals surface area contributed by atoms with E-state index in [0.29, 0.717) is 9.39 Å². The van der Waals surface area contributed by atoms with Crippen LogP contribution >= 0.6 is 22.6 Å². The number of aryl methyl sites for hydroxylation is 1. The molecule has 0 amide bonds. The quantitative estimate of drug-likeness (QED) is 0.863. The Kier molecular flexibility index (Phi) is 4.72. The molecule has 0 aliphatic carbocycles. The van der Waals surface area contributed by atoms with Crippen LogP contribution in [0.2, 0.25) is 0 Å². The number of methoxy groups -OCH3 is 1. The van der Waals surface area contributed by atoms with Gasteiger partial charge in [0.25, 0.3) is 5.56 Å². The predicted molar refractivity (Wildman–Crippen MR) is 67.0 cm³/mol. The summed E-state index contributed by atoms with van der Waals surface area (Å²) in [7, 11) is 1.60. The summed E-state index contributed by atoms with van der Waals surface area (Å²) in [6, 6.07) is 0. The molecule has 84 valence electrons. The molecule has 0 bridgehead atoms. The van der Waals surface area contributed by atoms with Gasteiger partial charge in [-0.25, -0.2) is 4.98 Å². The fourth-order valence-corrected chi connectivity index (χ4v) is 1.76. The second-order valence-corrected chi connectivity index (χ2v) is 4.42. The number of aromatic nitrogens is 2. The summed E-state index contributed by atoms with van der Waals surface area (Å²) in [5.41, 5.74) is 0.786. The molecule has 0 radical (unpaired) electrons. The average Bonchev–Trinajstić information content (AvgIpc) is 2.23. The van der Waals surface area contributed by atoms with Gasteiger partial charge in [0.05, 0.1) is 9.26 Å². The van der Waals surface area contributed by atoms with Gasteiger partial charge in [-0.15, -0.1) is 0 Å². The van der Waals surface area contributed by atoms with Crippen molar-refractivity contribution in [3.8, 4) is 0 Å². The Balaban J connectivity index is 3.17. The Hall–Kier alpha value is -0.430. The lowest BCUT2D eigenvalue weighted by atomic mass is 10.2. The Bertz CT molecular complexity index is 389. The molecule has 0 spiro atoms. The Morgan fingerprint density at radius 3 is 2.80 bits per heavy atom. The van der Waals surface area contributed by atoms with Gasteiger partial charge in [0, 0.05) is 7.11 Å². The second kappa shape index (κ2) is 5.60. The van der Waals surface area contributed by atoms with Crippen LogP contribution in [0.4, 0.5) is 0 Å². The molecule has 15 heavy (non-hydrogen) atoms. The number of hydrogen-bond donors (Lipinski definition) is 1. The van der Waals surface area contributed by atoms with E-state index < -0.39 is 0 Å². The van der Waals surface area contributed by atoms with E-state index in [-0.39, 0.29) is 11.7 Å². The summed E-state index contributed by atoms with van der Waals surface area (Å²) >= 11 is 2.03. The number of nitrogens with zero attached hydrogens (tertiary/aromatic N) is 1. The van der Waals surface area contributed by atoms with Crippen molar-refractivity contribution in [3.63, 3.8) is 0 Å². The molecule has 0 fully saturated rings. The second-order valence-electron chi connectivity index (χ2n) is 3.34. The highest BCUT2D eigenvalue weighted by molar-refractivity contribution is 14.1. The zero-order valence-electron chi connectivity index (χ0n) is 9.13. The number of halogens is 1. The van der Waals surface area contributed by atoms with E-state index >= 15 is 0 Å². The lowest BCUT2D eigenvalue weighted by Gasteiger charge is -2.10. The predicted octanol–water partition coefficient (Wildman–Crippen LogP) is 2.03. The fourth-order valence-electron chi connectivity index (χ4n) is 1.23. The molecular weight excluding hydrogens is 307 g/mol. The maximum atomic E-state index is 11.6. The van der Waals surface area contributed by atoms with E-state index in [2.05, 4.69) is 16.9 Å². The molecule has 0 aliphatic heterocycles. The number of aromatic amines is 1. The number of nitrogens with one attached hydrogen (secondary N) is 1. The third-order valence-electron chi connectivity index (χ3n) is 2.18.